The second-order valence-corrected chi connectivity index (χ2v) is 5.60. The highest BCUT2D eigenvalue weighted by Crippen LogP contribution is 2.30. The van der Waals surface area contributed by atoms with Crippen LogP contribution < -0.4 is 5.73 Å². The van der Waals surface area contributed by atoms with E-state index in [9.17, 15) is 21.6 Å². The number of rotatable bonds is 2. The molecule has 0 atom stereocenters. The Morgan fingerprint density at radius 3 is 2.16 bits per heavy atom. The van der Waals surface area contributed by atoms with Crippen LogP contribution in [0.2, 0.25) is 0 Å². The van der Waals surface area contributed by atoms with E-state index < -0.39 is 20.2 Å². The lowest BCUT2D eigenvalue weighted by Gasteiger charge is -2.08. The Labute approximate surface area is 106 Å². The van der Waals surface area contributed by atoms with Crippen molar-refractivity contribution in [3.63, 3.8) is 0 Å². The lowest BCUT2D eigenvalue weighted by molar-refractivity contribution is -0.0436. The highest BCUT2D eigenvalue weighted by Gasteiger charge is 2.46. The Morgan fingerprint density at radius 1 is 1.16 bits per heavy atom. The van der Waals surface area contributed by atoms with Crippen LogP contribution in [0.15, 0.2) is 41.6 Å². The van der Waals surface area contributed by atoms with Crippen LogP contribution in [0.1, 0.15) is 0 Å². The zero-order valence-corrected chi connectivity index (χ0v) is 10.1. The van der Waals surface area contributed by atoms with E-state index in [2.05, 4.69) is 5.10 Å². The molecule has 1 aromatic carbocycles. The summed E-state index contributed by atoms with van der Waals surface area (Å²) in [6, 6.07) is 4.17. The van der Waals surface area contributed by atoms with Gasteiger partial charge in [-0.05, 0) is 24.3 Å². The number of hydrogen-bond donors (Lipinski definition) is 1. The maximum atomic E-state index is 12.3. The van der Waals surface area contributed by atoms with Crippen LogP contribution in [0.3, 0.4) is 0 Å². The summed E-state index contributed by atoms with van der Waals surface area (Å²) in [6.45, 7) is 0. The summed E-state index contributed by atoms with van der Waals surface area (Å²) in [7, 11) is -5.32. The Morgan fingerprint density at radius 2 is 1.74 bits per heavy atom. The molecular formula is C10H8F3N3O2S. The van der Waals surface area contributed by atoms with Gasteiger partial charge in [-0.2, -0.15) is 18.3 Å². The Kier molecular flexibility index (Phi) is 3.01. The van der Waals surface area contributed by atoms with Crippen molar-refractivity contribution in [3.8, 4) is 5.69 Å². The van der Waals surface area contributed by atoms with Crippen molar-refractivity contribution < 1.29 is 21.6 Å². The van der Waals surface area contributed by atoms with Gasteiger partial charge in [0.05, 0.1) is 28.7 Å². The van der Waals surface area contributed by atoms with E-state index in [-0.39, 0.29) is 0 Å². The molecule has 1 aromatic heterocycles. The van der Waals surface area contributed by atoms with Crippen LogP contribution in [-0.2, 0) is 9.84 Å². The second kappa shape index (κ2) is 4.26. The topological polar surface area (TPSA) is 78.0 Å². The molecule has 0 unspecified atom stereocenters. The predicted octanol–water partition coefficient (Wildman–Crippen LogP) is 1.75. The Hall–Kier alpha value is -2.03. The van der Waals surface area contributed by atoms with Crippen molar-refractivity contribution in [1.82, 2.24) is 9.78 Å². The maximum Gasteiger partial charge on any atom is 0.501 e. The SMILES string of the molecule is Nc1cnn(-c2ccc(S(=O)(=O)C(F)(F)F)cc2)c1. The van der Waals surface area contributed by atoms with Gasteiger partial charge in [0.25, 0.3) is 9.84 Å². The van der Waals surface area contributed by atoms with Crippen molar-refractivity contribution in [2.45, 2.75) is 10.4 Å². The van der Waals surface area contributed by atoms with Gasteiger partial charge in [0.2, 0.25) is 0 Å². The van der Waals surface area contributed by atoms with E-state index in [1.165, 1.54) is 29.2 Å². The number of nitrogens with zero attached hydrogens (tertiary/aromatic N) is 2. The summed E-state index contributed by atoms with van der Waals surface area (Å²) < 4.78 is 60.6. The van der Waals surface area contributed by atoms with Crippen LogP contribution >= 0.6 is 0 Å². The average Bonchev–Trinajstić information content (AvgIpc) is 2.74. The normalized spacial score (nSPS) is 12.6. The van der Waals surface area contributed by atoms with Crippen molar-refractivity contribution in [2.24, 2.45) is 0 Å². The molecule has 0 aliphatic carbocycles. The van der Waals surface area contributed by atoms with E-state index in [4.69, 9.17) is 5.73 Å². The van der Waals surface area contributed by atoms with Crippen LogP contribution in [0.4, 0.5) is 18.9 Å². The summed E-state index contributed by atoms with van der Waals surface area (Å²) in [6.07, 6.45) is 2.81. The van der Waals surface area contributed by atoms with Crippen LogP contribution in [0.25, 0.3) is 5.69 Å². The molecule has 0 aliphatic rings. The number of alkyl halides is 3. The monoisotopic (exact) mass is 291 g/mol. The molecular weight excluding hydrogens is 283 g/mol. The lowest BCUT2D eigenvalue weighted by Crippen LogP contribution is -2.23. The number of nitrogen functional groups attached to an aromatic ring is 1. The molecule has 102 valence electrons. The molecule has 2 aromatic rings. The van der Waals surface area contributed by atoms with Gasteiger partial charge in [0.15, 0.2) is 0 Å². The first-order chi connectivity index (χ1) is 8.72. The van der Waals surface area contributed by atoms with Gasteiger partial charge in [-0.1, -0.05) is 0 Å². The Balaban J connectivity index is 2.40. The minimum Gasteiger partial charge on any atom is -0.396 e. The fourth-order valence-electron chi connectivity index (χ4n) is 1.39. The summed E-state index contributed by atoms with van der Waals surface area (Å²) in [5.74, 6) is 0. The summed E-state index contributed by atoms with van der Waals surface area (Å²) in [4.78, 5) is -0.816. The first-order valence-corrected chi connectivity index (χ1v) is 6.42. The number of nitrogens with two attached hydrogens (primary N) is 1. The molecule has 0 amide bonds. The zero-order chi connectivity index (χ0) is 14.3. The largest absolute Gasteiger partial charge is 0.501 e. The smallest absolute Gasteiger partial charge is 0.396 e. The number of anilines is 1. The van der Waals surface area contributed by atoms with Gasteiger partial charge in [0, 0.05) is 0 Å². The third-order valence-electron chi connectivity index (χ3n) is 2.32. The quantitative estimate of drug-likeness (QED) is 0.914. The van der Waals surface area contributed by atoms with Gasteiger partial charge >= 0.3 is 5.51 Å². The van der Waals surface area contributed by atoms with Crippen LogP contribution in [-0.4, -0.2) is 23.7 Å². The maximum absolute atomic E-state index is 12.3. The molecule has 2 N–H and O–H groups in total. The van der Waals surface area contributed by atoms with Gasteiger partial charge in [-0.3, -0.25) is 0 Å². The third-order valence-corrected chi connectivity index (χ3v) is 3.82. The van der Waals surface area contributed by atoms with Crippen LogP contribution in [0, 0.1) is 0 Å². The summed E-state index contributed by atoms with van der Waals surface area (Å²) >= 11 is 0. The van der Waals surface area contributed by atoms with Crippen molar-refractivity contribution >= 4 is 15.5 Å². The average molecular weight is 291 g/mol. The van der Waals surface area contributed by atoms with Crippen molar-refractivity contribution in [2.75, 3.05) is 5.73 Å². The molecule has 0 aliphatic heterocycles. The number of hydrogen-bond acceptors (Lipinski definition) is 4. The third kappa shape index (κ3) is 2.41. The fraction of sp³-hybridized carbons (Fsp3) is 0.100. The van der Waals surface area contributed by atoms with Gasteiger partial charge < -0.3 is 5.73 Å². The molecule has 1 heterocycles. The van der Waals surface area contributed by atoms with Gasteiger partial charge in [-0.15, -0.1) is 0 Å². The molecule has 9 heteroatoms. The summed E-state index contributed by atoms with van der Waals surface area (Å²) in [5.41, 5.74) is 0.912. The highest BCUT2D eigenvalue weighted by molar-refractivity contribution is 7.92. The number of halogens is 3. The van der Waals surface area contributed by atoms with Gasteiger partial charge in [0.1, 0.15) is 0 Å². The zero-order valence-electron chi connectivity index (χ0n) is 9.29. The molecule has 2 rings (SSSR count). The highest BCUT2D eigenvalue weighted by atomic mass is 32.2. The molecule has 0 saturated carbocycles. The summed E-state index contributed by atoms with van der Waals surface area (Å²) in [5, 5.41) is 3.85. The van der Waals surface area contributed by atoms with Gasteiger partial charge in [-0.25, -0.2) is 13.1 Å². The number of benzene rings is 1. The molecule has 0 saturated heterocycles. The minimum atomic E-state index is -5.32. The molecule has 19 heavy (non-hydrogen) atoms. The van der Waals surface area contributed by atoms with Crippen molar-refractivity contribution in [1.29, 1.82) is 0 Å². The van der Waals surface area contributed by atoms with Crippen molar-refractivity contribution in [3.05, 3.63) is 36.7 Å². The molecule has 0 bridgehead atoms. The first-order valence-electron chi connectivity index (χ1n) is 4.94. The fourth-order valence-corrected chi connectivity index (χ4v) is 2.15. The van der Waals surface area contributed by atoms with E-state index >= 15 is 0 Å². The standard InChI is InChI=1S/C10H8F3N3O2S/c11-10(12,13)19(17,18)9-3-1-8(2-4-9)16-6-7(14)5-15-16/h1-6H,14H2. The second-order valence-electron chi connectivity index (χ2n) is 3.66. The predicted molar refractivity (Wildman–Crippen MR) is 61.2 cm³/mol. The first kappa shape index (κ1) is 13.4. The molecule has 0 radical (unpaired) electrons. The van der Waals surface area contributed by atoms with Crippen LogP contribution in [0.5, 0.6) is 0 Å². The molecule has 5 nitrogen and oxygen atoms in total. The Bertz CT molecular complexity index is 690. The minimum absolute atomic E-state index is 0.381. The van der Waals surface area contributed by atoms with E-state index in [1.54, 1.807) is 0 Å². The number of sulfone groups is 1. The van der Waals surface area contributed by atoms with E-state index in [0.717, 1.165) is 12.1 Å². The number of aromatic nitrogens is 2. The lowest BCUT2D eigenvalue weighted by atomic mass is 10.3. The van der Waals surface area contributed by atoms with E-state index in [1.807, 2.05) is 0 Å². The molecule has 0 spiro atoms. The van der Waals surface area contributed by atoms with E-state index in [0.29, 0.717) is 11.4 Å². The molecule has 0 fully saturated rings.